The van der Waals surface area contributed by atoms with Gasteiger partial charge in [-0.05, 0) is 149 Å². The molecule has 230 valence electrons. The van der Waals surface area contributed by atoms with E-state index < -0.39 is 0 Å². The smallest absolute Gasteiger partial charge is 0.0361 e. The number of thiophene rings is 2. The molecule has 2 heterocycles. The van der Waals surface area contributed by atoms with E-state index in [-0.39, 0.29) is 0 Å². The van der Waals surface area contributed by atoms with Gasteiger partial charge in [0.2, 0.25) is 0 Å². The fourth-order valence-corrected chi connectivity index (χ4v) is 10.7. The summed E-state index contributed by atoms with van der Waals surface area (Å²) in [7, 11) is 0. The van der Waals surface area contributed by atoms with Gasteiger partial charge in [0.15, 0.2) is 0 Å². The molecular weight excluding hydrogens is 641 g/mol. The van der Waals surface area contributed by atoms with E-state index in [1.54, 1.807) is 0 Å². The molecule has 12 rings (SSSR count). The summed E-state index contributed by atoms with van der Waals surface area (Å²) in [5, 5.41) is 18.5. The molecule has 12 aromatic rings. The van der Waals surface area contributed by atoms with Crippen molar-refractivity contribution in [3.63, 3.8) is 0 Å². The Kier molecular flexibility index (Phi) is 5.35. The van der Waals surface area contributed by atoms with Crippen molar-refractivity contribution in [2.45, 2.75) is 0 Å². The number of fused-ring (bicyclic) bond motifs is 8. The Labute approximate surface area is 295 Å². The molecule has 0 nitrogen and oxygen atoms in total. The highest BCUT2D eigenvalue weighted by Crippen LogP contribution is 2.43. The van der Waals surface area contributed by atoms with Crippen LogP contribution in [0.4, 0.5) is 0 Å². The second-order valence-corrected chi connectivity index (χ2v) is 15.9. The van der Waals surface area contributed by atoms with Crippen molar-refractivity contribution in [2.24, 2.45) is 0 Å². The summed E-state index contributed by atoms with van der Waals surface area (Å²) in [6, 6.07) is 59.6. The molecule has 2 aromatic heterocycles. The van der Waals surface area contributed by atoms with Crippen molar-refractivity contribution in [1.82, 2.24) is 0 Å². The minimum atomic E-state index is 1.27. The highest BCUT2D eigenvalue weighted by Gasteiger charge is 2.15. The Morgan fingerprint density at radius 2 is 0.600 bits per heavy atom. The van der Waals surface area contributed by atoms with E-state index in [4.69, 9.17) is 0 Å². The lowest BCUT2D eigenvalue weighted by molar-refractivity contribution is 1.70. The van der Waals surface area contributed by atoms with Gasteiger partial charge in [0.25, 0.3) is 0 Å². The summed E-state index contributed by atoms with van der Waals surface area (Å²) in [5.74, 6) is 0. The van der Waals surface area contributed by atoms with Crippen LogP contribution in [-0.2, 0) is 0 Å². The molecule has 0 N–H and O–H groups in total. The van der Waals surface area contributed by atoms with Crippen LogP contribution in [-0.4, -0.2) is 0 Å². The van der Waals surface area contributed by atoms with Crippen molar-refractivity contribution >= 4 is 117 Å². The molecule has 0 saturated carbocycles. The lowest BCUT2D eigenvalue weighted by Crippen LogP contribution is -1.87. The molecule has 0 atom stereocenters. The van der Waals surface area contributed by atoms with Crippen LogP contribution in [0.15, 0.2) is 158 Å². The van der Waals surface area contributed by atoms with Gasteiger partial charge in [-0.2, -0.15) is 0 Å². The van der Waals surface area contributed by atoms with Crippen molar-refractivity contribution in [1.29, 1.82) is 0 Å². The maximum atomic E-state index is 2.40. The first-order chi connectivity index (χ1) is 24.7. The monoisotopic (exact) mass is 666 g/mol. The molecule has 0 aliphatic heterocycles. The van der Waals surface area contributed by atoms with Crippen LogP contribution in [0.5, 0.6) is 0 Å². The average Bonchev–Trinajstić information content (AvgIpc) is 3.70. The molecule has 10 aromatic carbocycles. The average molecular weight is 667 g/mol. The summed E-state index contributed by atoms with van der Waals surface area (Å²) in [6.07, 6.45) is 0. The molecule has 0 aliphatic carbocycles. The Morgan fingerprint density at radius 3 is 1.00 bits per heavy atom. The third kappa shape index (κ3) is 3.86. The Balaban J connectivity index is 0.990. The maximum absolute atomic E-state index is 2.40. The first-order valence-electron chi connectivity index (χ1n) is 17.1. The molecule has 0 amide bonds. The molecule has 0 saturated heterocycles. The van der Waals surface area contributed by atoms with Crippen molar-refractivity contribution in [3.05, 3.63) is 158 Å². The third-order valence-corrected chi connectivity index (χ3v) is 13.1. The van der Waals surface area contributed by atoms with E-state index in [9.17, 15) is 0 Å². The topological polar surface area (TPSA) is 0 Å². The van der Waals surface area contributed by atoms with Gasteiger partial charge >= 0.3 is 0 Å². The Bertz CT molecular complexity index is 3080. The highest BCUT2D eigenvalue weighted by molar-refractivity contribution is 7.26. The van der Waals surface area contributed by atoms with E-state index in [2.05, 4.69) is 158 Å². The van der Waals surface area contributed by atoms with Crippen LogP contribution in [0.3, 0.4) is 0 Å². The highest BCUT2D eigenvalue weighted by atomic mass is 32.1. The van der Waals surface area contributed by atoms with Gasteiger partial charge in [0.1, 0.15) is 0 Å². The Hall–Kier alpha value is -5.80. The quantitative estimate of drug-likeness (QED) is 0.161. The number of rotatable bonds is 2. The van der Waals surface area contributed by atoms with Gasteiger partial charge in [-0.3, -0.25) is 0 Å². The second-order valence-electron chi connectivity index (χ2n) is 13.7. The van der Waals surface area contributed by atoms with Crippen LogP contribution in [0, 0.1) is 0 Å². The summed E-state index contributed by atoms with van der Waals surface area (Å²) >= 11 is 3.78. The van der Waals surface area contributed by atoms with Gasteiger partial charge < -0.3 is 0 Å². The molecular formula is C48H26S2. The van der Waals surface area contributed by atoms with Crippen LogP contribution in [0.2, 0.25) is 0 Å². The van der Waals surface area contributed by atoms with E-state index in [1.165, 1.54) is 116 Å². The predicted molar refractivity (Wildman–Crippen MR) is 222 cm³/mol. The van der Waals surface area contributed by atoms with Crippen molar-refractivity contribution < 1.29 is 0 Å². The van der Waals surface area contributed by atoms with E-state index in [1.807, 2.05) is 22.7 Å². The second kappa shape index (κ2) is 9.89. The minimum absolute atomic E-state index is 1.27. The van der Waals surface area contributed by atoms with Crippen LogP contribution in [0.1, 0.15) is 0 Å². The zero-order valence-corrected chi connectivity index (χ0v) is 28.5. The standard InChI is InChI=1S/C48H26S2/c1-3-7-29-25-45-41(21-27(29)5-1)39-23-31(13-15-43(39)49-45)37-17-33-9-11-35-19-38(20-36-12-10-34(18-37)47(33)48(35)36)32-14-16-44-40(24-32)42-22-28-6-2-4-8-30(28)26-46(42)50-44/h1-26H. The lowest BCUT2D eigenvalue weighted by Gasteiger charge is -2.15. The lowest BCUT2D eigenvalue weighted by atomic mass is 9.89. The van der Waals surface area contributed by atoms with Crippen LogP contribution >= 0.6 is 22.7 Å². The van der Waals surface area contributed by atoms with Crippen molar-refractivity contribution in [3.8, 4) is 22.3 Å². The third-order valence-electron chi connectivity index (χ3n) is 10.9. The fraction of sp³-hybridized carbons (Fsp3) is 0. The van der Waals surface area contributed by atoms with Gasteiger partial charge in [-0.1, -0.05) is 84.9 Å². The minimum Gasteiger partial charge on any atom is -0.135 e. The number of hydrogen-bond acceptors (Lipinski definition) is 2. The van der Waals surface area contributed by atoms with E-state index in [0.717, 1.165) is 0 Å². The molecule has 0 unspecified atom stereocenters. The molecule has 0 bridgehead atoms. The largest absolute Gasteiger partial charge is 0.135 e. The predicted octanol–water partition coefficient (Wildman–Crippen LogP) is 15.0. The first kappa shape index (κ1) is 27.1. The first-order valence-corrected chi connectivity index (χ1v) is 18.8. The van der Waals surface area contributed by atoms with E-state index >= 15 is 0 Å². The maximum Gasteiger partial charge on any atom is 0.0361 e. The summed E-state index contributed by atoms with van der Waals surface area (Å²) < 4.78 is 5.38. The van der Waals surface area contributed by atoms with Gasteiger partial charge in [0.05, 0.1) is 0 Å². The van der Waals surface area contributed by atoms with Crippen LogP contribution in [0.25, 0.3) is 116 Å². The molecule has 50 heavy (non-hydrogen) atoms. The normalized spacial score (nSPS) is 12.4. The SMILES string of the molecule is c1ccc2cc3c(cc2c1)sc1ccc(-c2cc4ccc5cc(-c6ccc7sc8cc9ccccc9cc8c7c6)cc6ccc(c2)c4c56)cc13. The summed E-state index contributed by atoms with van der Waals surface area (Å²) in [6.45, 7) is 0. The van der Waals surface area contributed by atoms with E-state index in [0.29, 0.717) is 0 Å². The molecule has 0 fully saturated rings. The van der Waals surface area contributed by atoms with Gasteiger partial charge in [-0.15, -0.1) is 22.7 Å². The van der Waals surface area contributed by atoms with Gasteiger partial charge in [0, 0.05) is 40.3 Å². The van der Waals surface area contributed by atoms with Crippen LogP contribution < -0.4 is 0 Å². The fourth-order valence-electron chi connectivity index (χ4n) is 8.45. The summed E-state index contributed by atoms with van der Waals surface area (Å²) in [4.78, 5) is 0. The number of benzene rings is 10. The zero-order chi connectivity index (χ0) is 32.5. The number of hydrogen-bond donors (Lipinski definition) is 0. The van der Waals surface area contributed by atoms with Crippen molar-refractivity contribution in [2.75, 3.05) is 0 Å². The molecule has 0 aliphatic rings. The van der Waals surface area contributed by atoms with Gasteiger partial charge in [-0.25, -0.2) is 0 Å². The summed E-state index contributed by atoms with van der Waals surface area (Å²) in [5.41, 5.74) is 5.07. The zero-order valence-electron chi connectivity index (χ0n) is 26.8. The Morgan fingerprint density at radius 1 is 0.240 bits per heavy atom. The molecule has 2 heteroatoms. The molecule has 0 spiro atoms. The molecule has 0 radical (unpaired) electrons.